The van der Waals surface area contributed by atoms with Crippen molar-refractivity contribution in [2.75, 3.05) is 4.90 Å². The van der Waals surface area contributed by atoms with Crippen molar-refractivity contribution in [2.45, 2.75) is 24.3 Å². The van der Waals surface area contributed by atoms with Gasteiger partial charge in [-0.3, -0.25) is 9.59 Å². The van der Waals surface area contributed by atoms with Crippen LogP contribution in [-0.4, -0.2) is 20.2 Å². The third-order valence-corrected chi connectivity index (χ3v) is 6.57. The molecule has 1 atom stereocenters. The van der Waals surface area contributed by atoms with Crippen molar-refractivity contribution in [3.05, 3.63) is 95.6 Å². The maximum Gasteiger partial charge on any atom is 0.264 e. The number of hydrogen-bond acceptors (Lipinski definition) is 4. The van der Waals surface area contributed by atoms with Crippen molar-refractivity contribution in [1.82, 2.24) is 4.72 Å². The SMILES string of the molecule is CC(C(=O)NS(=O)(=O)c1ccccc1)c1ccc(N2Cc3ccccc3C2=O)cc1. The topological polar surface area (TPSA) is 83.6 Å². The molecule has 0 spiro atoms. The summed E-state index contributed by atoms with van der Waals surface area (Å²) in [6, 6.07) is 22.3. The Labute approximate surface area is 175 Å². The average molecular weight is 420 g/mol. The fraction of sp³-hybridized carbons (Fsp3) is 0.130. The van der Waals surface area contributed by atoms with Crippen molar-refractivity contribution < 1.29 is 18.0 Å². The lowest BCUT2D eigenvalue weighted by Crippen LogP contribution is -2.33. The highest BCUT2D eigenvalue weighted by Gasteiger charge is 2.28. The molecule has 30 heavy (non-hydrogen) atoms. The first-order valence-electron chi connectivity index (χ1n) is 9.48. The molecule has 7 heteroatoms. The second-order valence-corrected chi connectivity index (χ2v) is 8.83. The predicted molar refractivity (Wildman–Crippen MR) is 114 cm³/mol. The molecule has 0 saturated heterocycles. The molecule has 3 aromatic carbocycles. The molecule has 0 fully saturated rings. The first-order valence-corrected chi connectivity index (χ1v) is 11.0. The molecular formula is C23H20N2O4S. The van der Waals surface area contributed by atoms with E-state index in [1.54, 1.807) is 54.3 Å². The van der Waals surface area contributed by atoms with Gasteiger partial charge in [0.05, 0.1) is 17.4 Å². The van der Waals surface area contributed by atoms with Crippen LogP contribution in [0, 0.1) is 0 Å². The van der Waals surface area contributed by atoms with Crippen LogP contribution in [0.3, 0.4) is 0 Å². The van der Waals surface area contributed by atoms with Gasteiger partial charge in [0.1, 0.15) is 0 Å². The zero-order valence-electron chi connectivity index (χ0n) is 16.3. The Morgan fingerprint density at radius 1 is 0.933 bits per heavy atom. The summed E-state index contributed by atoms with van der Waals surface area (Å²) in [5.41, 5.74) is 3.05. The van der Waals surface area contributed by atoms with Crippen molar-refractivity contribution in [3.8, 4) is 0 Å². The molecule has 0 saturated carbocycles. The van der Waals surface area contributed by atoms with Gasteiger partial charge in [-0.05, 0) is 48.4 Å². The molecule has 0 radical (unpaired) electrons. The first-order chi connectivity index (χ1) is 14.4. The molecule has 0 aromatic heterocycles. The third-order valence-electron chi connectivity index (χ3n) is 5.21. The van der Waals surface area contributed by atoms with Gasteiger partial charge in [0.25, 0.3) is 15.9 Å². The lowest BCUT2D eigenvalue weighted by molar-refractivity contribution is -0.120. The fourth-order valence-electron chi connectivity index (χ4n) is 3.44. The maximum atomic E-state index is 12.6. The highest BCUT2D eigenvalue weighted by atomic mass is 32.2. The lowest BCUT2D eigenvalue weighted by atomic mass is 10.0. The van der Waals surface area contributed by atoms with Gasteiger partial charge in [0, 0.05) is 11.3 Å². The zero-order valence-corrected chi connectivity index (χ0v) is 17.1. The number of carbonyl (C=O) groups is 2. The second kappa shape index (κ2) is 7.76. The number of benzene rings is 3. The zero-order chi connectivity index (χ0) is 21.3. The van der Waals surface area contributed by atoms with Gasteiger partial charge in [-0.2, -0.15) is 0 Å². The summed E-state index contributed by atoms with van der Waals surface area (Å²) in [5.74, 6) is -1.35. The van der Waals surface area contributed by atoms with Crippen LogP contribution in [0.2, 0.25) is 0 Å². The van der Waals surface area contributed by atoms with E-state index in [0.717, 1.165) is 11.3 Å². The van der Waals surface area contributed by atoms with Crippen LogP contribution in [0.1, 0.15) is 34.3 Å². The Bertz CT molecular complexity index is 1210. The lowest BCUT2D eigenvalue weighted by Gasteiger charge is -2.18. The fourth-order valence-corrected chi connectivity index (χ4v) is 4.51. The van der Waals surface area contributed by atoms with E-state index in [-0.39, 0.29) is 10.8 Å². The molecule has 1 heterocycles. The quantitative estimate of drug-likeness (QED) is 0.685. The minimum Gasteiger partial charge on any atom is -0.304 e. The van der Waals surface area contributed by atoms with Gasteiger partial charge in [0.15, 0.2) is 0 Å². The molecule has 0 bridgehead atoms. The van der Waals surface area contributed by atoms with Crippen LogP contribution in [-0.2, 0) is 21.4 Å². The Morgan fingerprint density at radius 3 is 2.23 bits per heavy atom. The Balaban J connectivity index is 1.48. The van der Waals surface area contributed by atoms with Crippen LogP contribution in [0.15, 0.2) is 83.8 Å². The normalized spacial score (nSPS) is 14.3. The predicted octanol–water partition coefficient (Wildman–Crippen LogP) is 3.46. The molecule has 1 aliphatic rings. The van der Waals surface area contributed by atoms with Gasteiger partial charge in [-0.1, -0.05) is 48.5 Å². The largest absolute Gasteiger partial charge is 0.304 e. The van der Waals surface area contributed by atoms with Crippen LogP contribution in [0.25, 0.3) is 0 Å². The van der Waals surface area contributed by atoms with Crippen LogP contribution >= 0.6 is 0 Å². The highest BCUT2D eigenvalue weighted by Crippen LogP contribution is 2.29. The molecule has 1 unspecified atom stereocenters. The second-order valence-electron chi connectivity index (χ2n) is 7.14. The van der Waals surface area contributed by atoms with Gasteiger partial charge in [-0.15, -0.1) is 0 Å². The van der Waals surface area contributed by atoms with Crippen molar-refractivity contribution in [2.24, 2.45) is 0 Å². The van der Waals surface area contributed by atoms with Gasteiger partial charge < -0.3 is 4.90 Å². The van der Waals surface area contributed by atoms with Crippen LogP contribution in [0.4, 0.5) is 5.69 Å². The smallest absolute Gasteiger partial charge is 0.264 e. The summed E-state index contributed by atoms with van der Waals surface area (Å²) in [5, 5.41) is 0. The Kier molecular flexibility index (Phi) is 5.13. The summed E-state index contributed by atoms with van der Waals surface area (Å²) < 4.78 is 26.9. The molecular weight excluding hydrogens is 400 g/mol. The number of nitrogens with zero attached hydrogens (tertiary/aromatic N) is 1. The molecule has 1 N–H and O–H groups in total. The molecule has 0 aliphatic carbocycles. The van der Waals surface area contributed by atoms with E-state index in [4.69, 9.17) is 0 Å². The summed E-state index contributed by atoms with van der Waals surface area (Å²) in [6.45, 7) is 2.14. The molecule has 152 valence electrons. The standard InChI is InChI=1S/C23H20N2O4S/c1-16(22(26)24-30(28,29)20-8-3-2-4-9-20)17-11-13-19(14-12-17)25-15-18-7-5-6-10-21(18)23(25)27/h2-14,16H,15H2,1H3,(H,24,26). The highest BCUT2D eigenvalue weighted by molar-refractivity contribution is 7.90. The van der Waals surface area contributed by atoms with E-state index in [0.29, 0.717) is 17.7 Å². The molecule has 4 rings (SSSR count). The number of amides is 2. The molecule has 2 amide bonds. The number of nitrogens with one attached hydrogen (secondary N) is 1. The number of rotatable bonds is 5. The monoisotopic (exact) mass is 420 g/mol. The number of sulfonamides is 1. The van der Waals surface area contributed by atoms with E-state index in [9.17, 15) is 18.0 Å². The minimum absolute atomic E-state index is 0.0352. The van der Waals surface area contributed by atoms with E-state index in [1.165, 1.54) is 12.1 Å². The minimum atomic E-state index is -3.92. The van der Waals surface area contributed by atoms with Crippen molar-refractivity contribution in [1.29, 1.82) is 0 Å². The van der Waals surface area contributed by atoms with Crippen LogP contribution in [0.5, 0.6) is 0 Å². The molecule has 6 nitrogen and oxygen atoms in total. The first kappa shape index (κ1) is 19.8. The summed E-state index contributed by atoms with van der Waals surface area (Å²) >= 11 is 0. The number of carbonyl (C=O) groups excluding carboxylic acids is 2. The van der Waals surface area contributed by atoms with E-state index in [1.807, 2.05) is 24.3 Å². The van der Waals surface area contributed by atoms with Crippen molar-refractivity contribution >= 4 is 27.5 Å². The van der Waals surface area contributed by atoms with E-state index in [2.05, 4.69) is 4.72 Å². The number of anilines is 1. The number of hydrogen-bond donors (Lipinski definition) is 1. The van der Waals surface area contributed by atoms with E-state index >= 15 is 0 Å². The third kappa shape index (κ3) is 3.71. The molecule has 1 aliphatic heterocycles. The van der Waals surface area contributed by atoms with Crippen LogP contribution < -0.4 is 9.62 Å². The molecule has 3 aromatic rings. The average Bonchev–Trinajstić information content (AvgIpc) is 3.10. The summed E-state index contributed by atoms with van der Waals surface area (Å²) in [7, 11) is -3.92. The van der Waals surface area contributed by atoms with Gasteiger partial charge in [-0.25, -0.2) is 13.1 Å². The Hall–Kier alpha value is -3.45. The number of fused-ring (bicyclic) bond motifs is 1. The van der Waals surface area contributed by atoms with Gasteiger partial charge in [0.2, 0.25) is 5.91 Å². The van der Waals surface area contributed by atoms with Gasteiger partial charge >= 0.3 is 0 Å². The van der Waals surface area contributed by atoms with E-state index < -0.39 is 21.8 Å². The Morgan fingerprint density at radius 2 is 1.57 bits per heavy atom. The summed E-state index contributed by atoms with van der Waals surface area (Å²) in [4.78, 5) is 26.8. The van der Waals surface area contributed by atoms with Crippen molar-refractivity contribution in [3.63, 3.8) is 0 Å². The summed E-state index contributed by atoms with van der Waals surface area (Å²) in [6.07, 6.45) is 0. The maximum absolute atomic E-state index is 12.6.